The van der Waals surface area contributed by atoms with Crippen LogP contribution in [0.4, 0.5) is 0 Å². The van der Waals surface area contributed by atoms with Crippen molar-refractivity contribution in [2.45, 2.75) is 32.9 Å². The Hall–Kier alpha value is -0.280. The van der Waals surface area contributed by atoms with Crippen molar-refractivity contribution in [2.24, 2.45) is 0 Å². The Kier molecular flexibility index (Phi) is 7.02. The highest BCUT2D eigenvalue weighted by molar-refractivity contribution is 6.42. The lowest BCUT2D eigenvalue weighted by Crippen LogP contribution is -2.34. The largest absolute Gasteiger partial charge is 0.311 e. The maximum atomic E-state index is 5.97. The molecule has 1 unspecified atom stereocenters. The molecule has 0 heterocycles. The summed E-state index contributed by atoms with van der Waals surface area (Å²) < 4.78 is 0. The third kappa shape index (κ3) is 5.15. The average molecular weight is 289 g/mol. The molecule has 0 saturated carbocycles. The van der Waals surface area contributed by atoms with Gasteiger partial charge in [-0.15, -0.1) is 0 Å². The molecule has 1 rings (SSSR count). The monoisotopic (exact) mass is 288 g/mol. The van der Waals surface area contributed by atoms with Crippen LogP contribution in [0, 0.1) is 0 Å². The lowest BCUT2D eigenvalue weighted by atomic mass is 10.2. The van der Waals surface area contributed by atoms with Crippen LogP contribution in [0.3, 0.4) is 0 Å². The van der Waals surface area contributed by atoms with E-state index in [4.69, 9.17) is 23.2 Å². The highest BCUT2D eigenvalue weighted by Gasteiger charge is 2.05. The summed E-state index contributed by atoms with van der Waals surface area (Å²) in [5, 5.41) is 4.64. The lowest BCUT2D eigenvalue weighted by molar-refractivity contribution is 0.252. The third-order valence-electron chi connectivity index (χ3n) is 3.30. The smallest absolute Gasteiger partial charge is 0.0595 e. The maximum absolute atomic E-state index is 5.97. The summed E-state index contributed by atoms with van der Waals surface area (Å²) in [5.74, 6) is 0. The molecular weight excluding hydrogens is 267 g/mol. The number of likely N-dealkylation sites (N-methyl/N-ethyl adjacent to an activating group) is 1. The zero-order chi connectivity index (χ0) is 13.5. The topological polar surface area (TPSA) is 15.3 Å². The standard InChI is InChI=1S/C14H22Cl2N2/c1-4-11(2)18(3)8-7-17-10-12-5-6-13(15)14(16)9-12/h5-6,9,11,17H,4,7-8,10H2,1-3H3. The van der Waals surface area contributed by atoms with Crippen LogP contribution in [-0.4, -0.2) is 31.1 Å². The highest BCUT2D eigenvalue weighted by atomic mass is 35.5. The van der Waals surface area contributed by atoms with Crippen molar-refractivity contribution in [3.63, 3.8) is 0 Å². The van der Waals surface area contributed by atoms with Crippen molar-refractivity contribution in [3.05, 3.63) is 33.8 Å². The molecule has 1 aromatic rings. The van der Waals surface area contributed by atoms with E-state index in [9.17, 15) is 0 Å². The van der Waals surface area contributed by atoms with Gasteiger partial charge in [-0.05, 0) is 38.1 Å². The van der Waals surface area contributed by atoms with Gasteiger partial charge in [-0.2, -0.15) is 0 Å². The van der Waals surface area contributed by atoms with Crippen molar-refractivity contribution in [3.8, 4) is 0 Å². The highest BCUT2D eigenvalue weighted by Crippen LogP contribution is 2.22. The van der Waals surface area contributed by atoms with Crippen molar-refractivity contribution in [1.82, 2.24) is 10.2 Å². The predicted octanol–water partition coefficient (Wildman–Crippen LogP) is 3.81. The second-order valence-corrected chi connectivity index (χ2v) is 5.48. The van der Waals surface area contributed by atoms with Crippen LogP contribution >= 0.6 is 23.2 Å². The molecule has 0 spiro atoms. The number of benzene rings is 1. The van der Waals surface area contributed by atoms with Crippen LogP contribution in [0.5, 0.6) is 0 Å². The number of rotatable bonds is 7. The van der Waals surface area contributed by atoms with E-state index in [1.165, 1.54) is 6.42 Å². The number of halogens is 2. The Morgan fingerprint density at radius 2 is 2.00 bits per heavy atom. The van der Waals surface area contributed by atoms with Crippen molar-refractivity contribution < 1.29 is 0 Å². The molecule has 0 saturated heterocycles. The molecular formula is C14H22Cl2N2. The number of nitrogens with one attached hydrogen (secondary N) is 1. The summed E-state index contributed by atoms with van der Waals surface area (Å²) in [6.45, 7) is 7.31. The molecule has 0 aliphatic carbocycles. The van der Waals surface area contributed by atoms with E-state index in [1.807, 2.05) is 18.2 Å². The first kappa shape index (κ1) is 15.8. The van der Waals surface area contributed by atoms with Gasteiger partial charge in [0.25, 0.3) is 0 Å². The molecule has 0 aromatic heterocycles. The van der Waals surface area contributed by atoms with E-state index in [-0.39, 0.29) is 0 Å². The van der Waals surface area contributed by atoms with Crippen LogP contribution in [-0.2, 0) is 6.54 Å². The summed E-state index contributed by atoms with van der Waals surface area (Å²) in [6, 6.07) is 6.39. The van der Waals surface area contributed by atoms with Crippen LogP contribution in [0.25, 0.3) is 0 Å². The molecule has 0 aliphatic heterocycles. The van der Waals surface area contributed by atoms with E-state index in [0.29, 0.717) is 16.1 Å². The molecule has 0 bridgehead atoms. The first-order chi connectivity index (χ1) is 8.54. The fraction of sp³-hybridized carbons (Fsp3) is 0.571. The molecule has 0 aliphatic rings. The first-order valence-corrected chi connectivity index (χ1v) is 7.15. The number of hydrogen-bond donors (Lipinski definition) is 1. The molecule has 0 amide bonds. The zero-order valence-corrected chi connectivity index (χ0v) is 12.9. The molecule has 18 heavy (non-hydrogen) atoms. The van der Waals surface area contributed by atoms with Crippen molar-refractivity contribution in [1.29, 1.82) is 0 Å². The van der Waals surface area contributed by atoms with Gasteiger partial charge in [-0.25, -0.2) is 0 Å². The van der Waals surface area contributed by atoms with E-state index >= 15 is 0 Å². The van der Waals surface area contributed by atoms with Crippen LogP contribution in [0.1, 0.15) is 25.8 Å². The molecule has 0 fully saturated rings. The molecule has 1 atom stereocenters. The van der Waals surface area contributed by atoms with Gasteiger partial charge in [0.05, 0.1) is 10.0 Å². The first-order valence-electron chi connectivity index (χ1n) is 6.39. The molecule has 0 radical (unpaired) electrons. The van der Waals surface area contributed by atoms with Gasteiger partial charge in [-0.3, -0.25) is 0 Å². The van der Waals surface area contributed by atoms with Gasteiger partial charge in [0.2, 0.25) is 0 Å². The summed E-state index contributed by atoms with van der Waals surface area (Å²) in [5.41, 5.74) is 1.16. The van der Waals surface area contributed by atoms with Crippen molar-refractivity contribution >= 4 is 23.2 Å². The van der Waals surface area contributed by atoms with Crippen LogP contribution in [0.15, 0.2) is 18.2 Å². The van der Waals surface area contributed by atoms with Gasteiger partial charge in [-0.1, -0.05) is 36.2 Å². The van der Waals surface area contributed by atoms with E-state index in [1.54, 1.807) is 0 Å². The molecule has 4 heteroatoms. The second-order valence-electron chi connectivity index (χ2n) is 4.66. The van der Waals surface area contributed by atoms with Gasteiger partial charge >= 0.3 is 0 Å². The zero-order valence-electron chi connectivity index (χ0n) is 11.3. The average Bonchev–Trinajstić information content (AvgIpc) is 2.37. The minimum atomic E-state index is 0.608. The third-order valence-corrected chi connectivity index (χ3v) is 4.04. The maximum Gasteiger partial charge on any atom is 0.0595 e. The van der Waals surface area contributed by atoms with Crippen LogP contribution < -0.4 is 5.32 Å². The Morgan fingerprint density at radius 3 is 2.61 bits per heavy atom. The lowest BCUT2D eigenvalue weighted by Gasteiger charge is -2.23. The van der Waals surface area contributed by atoms with Crippen molar-refractivity contribution in [2.75, 3.05) is 20.1 Å². The van der Waals surface area contributed by atoms with Gasteiger partial charge in [0.15, 0.2) is 0 Å². The predicted molar refractivity (Wildman–Crippen MR) is 80.6 cm³/mol. The fourth-order valence-corrected chi connectivity index (χ4v) is 1.99. The second kappa shape index (κ2) is 8.00. The molecule has 102 valence electrons. The van der Waals surface area contributed by atoms with E-state index in [0.717, 1.165) is 25.2 Å². The summed E-state index contributed by atoms with van der Waals surface area (Å²) in [6.07, 6.45) is 1.18. The van der Waals surface area contributed by atoms with E-state index in [2.05, 4.69) is 31.1 Å². The summed E-state index contributed by atoms with van der Waals surface area (Å²) >= 11 is 11.8. The Bertz CT molecular complexity index is 369. The van der Waals surface area contributed by atoms with Gasteiger partial charge < -0.3 is 10.2 Å². The fourth-order valence-electron chi connectivity index (χ4n) is 1.67. The Balaban J connectivity index is 2.27. The van der Waals surface area contributed by atoms with Gasteiger partial charge in [0, 0.05) is 25.7 Å². The normalized spacial score (nSPS) is 13.0. The Labute approximate surface area is 120 Å². The summed E-state index contributed by atoms with van der Waals surface area (Å²) in [7, 11) is 2.16. The van der Waals surface area contributed by atoms with Gasteiger partial charge in [0.1, 0.15) is 0 Å². The minimum absolute atomic E-state index is 0.608. The van der Waals surface area contributed by atoms with E-state index < -0.39 is 0 Å². The Morgan fingerprint density at radius 1 is 1.28 bits per heavy atom. The SMILES string of the molecule is CCC(C)N(C)CCNCc1ccc(Cl)c(Cl)c1. The number of hydrogen-bond acceptors (Lipinski definition) is 2. The molecule has 1 aromatic carbocycles. The van der Waals surface area contributed by atoms with Crippen LogP contribution in [0.2, 0.25) is 10.0 Å². The quantitative estimate of drug-likeness (QED) is 0.768. The molecule has 1 N–H and O–H groups in total. The summed E-state index contributed by atoms with van der Waals surface area (Å²) in [4.78, 5) is 2.36. The minimum Gasteiger partial charge on any atom is -0.311 e. The molecule has 2 nitrogen and oxygen atoms in total. The number of nitrogens with zero attached hydrogens (tertiary/aromatic N) is 1.